The van der Waals surface area contributed by atoms with Gasteiger partial charge in [0.1, 0.15) is 11.5 Å². The van der Waals surface area contributed by atoms with Gasteiger partial charge in [0.05, 0.1) is 7.11 Å². The Morgan fingerprint density at radius 1 is 1.17 bits per heavy atom. The number of ether oxygens (including phenoxy) is 3. The van der Waals surface area contributed by atoms with E-state index in [0.717, 1.165) is 12.2 Å². The highest BCUT2D eigenvalue weighted by Crippen LogP contribution is 2.16. The molecule has 1 rings (SSSR count). The molecule has 0 bridgehead atoms. The minimum absolute atomic E-state index is 0.0132. The highest BCUT2D eigenvalue weighted by atomic mass is 16.5. The zero-order valence-electron chi connectivity index (χ0n) is 10.8. The minimum Gasteiger partial charge on any atom is -0.497 e. The SMILES string of the molecule is COCCCNC(=O)COc1ccc(OC)cc1. The Labute approximate surface area is 107 Å². The van der Waals surface area contributed by atoms with E-state index in [4.69, 9.17) is 14.2 Å². The standard InChI is InChI=1S/C13H19NO4/c1-16-9-3-8-14-13(15)10-18-12-6-4-11(17-2)5-7-12/h4-7H,3,8-10H2,1-2H3,(H,14,15). The lowest BCUT2D eigenvalue weighted by Crippen LogP contribution is -2.30. The first-order valence-electron chi connectivity index (χ1n) is 5.78. The summed E-state index contributed by atoms with van der Waals surface area (Å²) in [7, 11) is 3.23. The average Bonchev–Trinajstić information content (AvgIpc) is 2.42. The predicted octanol–water partition coefficient (Wildman–Crippen LogP) is 1.23. The van der Waals surface area contributed by atoms with Crippen molar-refractivity contribution < 1.29 is 19.0 Å². The first-order chi connectivity index (χ1) is 8.76. The van der Waals surface area contributed by atoms with Gasteiger partial charge in [-0.3, -0.25) is 4.79 Å². The van der Waals surface area contributed by atoms with Gasteiger partial charge < -0.3 is 19.5 Å². The van der Waals surface area contributed by atoms with Crippen LogP contribution in [-0.2, 0) is 9.53 Å². The number of carbonyl (C=O) groups is 1. The summed E-state index contributed by atoms with van der Waals surface area (Å²) in [5.74, 6) is 1.26. The molecule has 18 heavy (non-hydrogen) atoms. The second-order valence-electron chi connectivity index (χ2n) is 3.66. The Morgan fingerprint density at radius 3 is 2.44 bits per heavy atom. The van der Waals surface area contributed by atoms with Crippen molar-refractivity contribution in [2.24, 2.45) is 0 Å². The molecule has 0 unspecified atom stereocenters. The first-order valence-corrected chi connectivity index (χ1v) is 5.78. The second kappa shape index (κ2) is 8.36. The number of benzene rings is 1. The number of hydrogen-bond acceptors (Lipinski definition) is 4. The summed E-state index contributed by atoms with van der Waals surface area (Å²) in [6.45, 7) is 1.25. The molecule has 100 valence electrons. The van der Waals surface area contributed by atoms with Gasteiger partial charge in [-0.25, -0.2) is 0 Å². The maximum absolute atomic E-state index is 11.4. The van der Waals surface area contributed by atoms with E-state index in [1.54, 1.807) is 38.5 Å². The Kier molecular flexibility index (Phi) is 6.64. The molecule has 0 atom stereocenters. The van der Waals surface area contributed by atoms with Crippen LogP contribution in [0.4, 0.5) is 0 Å². The van der Waals surface area contributed by atoms with Gasteiger partial charge in [0.2, 0.25) is 0 Å². The van der Waals surface area contributed by atoms with Crippen LogP contribution in [0.5, 0.6) is 11.5 Å². The number of carbonyl (C=O) groups excluding carboxylic acids is 1. The molecular weight excluding hydrogens is 234 g/mol. The van der Waals surface area contributed by atoms with Crippen molar-refractivity contribution in [3.63, 3.8) is 0 Å². The van der Waals surface area contributed by atoms with Gasteiger partial charge in [0.15, 0.2) is 6.61 Å². The van der Waals surface area contributed by atoms with Crippen LogP contribution in [0.25, 0.3) is 0 Å². The maximum atomic E-state index is 11.4. The van der Waals surface area contributed by atoms with Crippen LogP contribution < -0.4 is 14.8 Å². The van der Waals surface area contributed by atoms with Gasteiger partial charge in [-0.15, -0.1) is 0 Å². The second-order valence-corrected chi connectivity index (χ2v) is 3.66. The van der Waals surface area contributed by atoms with Gasteiger partial charge in [-0.2, -0.15) is 0 Å². The monoisotopic (exact) mass is 253 g/mol. The van der Waals surface area contributed by atoms with Gasteiger partial charge in [-0.1, -0.05) is 0 Å². The Morgan fingerprint density at radius 2 is 1.83 bits per heavy atom. The van der Waals surface area contributed by atoms with Crippen molar-refractivity contribution in [2.45, 2.75) is 6.42 Å². The molecule has 0 heterocycles. The van der Waals surface area contributed by atoms with Crippen molar-refractivity contribution in [1.29, 1.82) is 0 Å². The van der Waals surface area contributed by atoms with Crippen LogP contribution in [0.1, 0.15) is 6.42 Å². The smallest absolute Gasteiger partial charge is 0.257 e. The van der Waals surface area contributed by atoms with E-state index in [2.05, 4.69) is 5.32 Å². The van der Waals surface area contributed by atoms with Crippen LogP contribution in [0.3, 0.4) is 0 Å². The third-order valence-corrected chi connectivity index (χ3v) is 2.28. The molecule has 0 aliphatic carbocycles. The van der Waals surface area contributed by atoms with Crippen LogP contribution in [-0.4, -0.2) is 39.9 Å². The predicted molar refractivity (Wildman–Crippen MR) is 68.0 cm³/mol. The number of rotatable bonds is 8. The fourth-order valence-electron chi connectivity index (χ4n) is 1.32. The highest BCUT2D eigenvalue weighted by molar-refractivity contribution is 5.77. The van der Waals surface area contributed by atoms with Gasteiger partial charge in [-0.05, 0) is 30.7 Å². The summed E-state index contributed by atoms with van der Waals surface area (Å²) in [6.07, 6.45) is 0.796. The fourth-order valence-corrected chi connectivity index (χ4v) is 1.32. The first kappa shape index (κ1) is 14.3. The number of amides is 1. The van der Waals surface area contributed by atoms with Crippen molar-refractivity contribution in [3.8, 4) is 11.5 Å². The summed E-state index contributed by atoms with van der Waals surface area (Å²) in [4.78, 5) is 11.4. The Bertz CT molecular complexity index is 351. The number of hydrogen-bond donors (Lipinski definition) is 1. The topological polar surface area (TPSA) is 56.8 Å². The molecule has 0 spiro atoms. The Balaban J connectivity index is 2.20. The van der Waals surface area contributed by atoms with Crippen LogP contribution in [0.15, 0.2) is 24.3 Å². The van der Waals surface area contributed by atoms with Crippen molar-refractivity contribution in [2.75, 3.05) is 34.0 Å². The van der Waals surface area contributed by atoms with E-state index in [9.17, 15) is 4.79 Å². The average molecular weight is 253 g/mol. The molecule has 1 aromatic rings. The third kappa shape index (κ3) is 5.54. The molecule has 0 saturated carbocycles. The minimum atomic E-state index is -0.137. The molecule has 0 radical (unpaired) electrons. The summed E-state index contributed by atoms with van der Waals surface area (Å²) in [5, 5.41) is 2.74. The van der Waals surface area contributed by atoms with Crippen molar-refractivity contribution in [1.82, 2.24) is 5.32 Å². The van der Waals surface area contributed by atoms with Crippen molar-refractivity contribution >= 4 is 5.91 Å². The zero-order valence-corrected chi connectivity index (χ0v) is 10.8. The zero-order chi connectivity index (χ0) is 13.2. The van der Waals surface area contributed by atoms with Crippen LogP contribution >= 0.6 is 0 Å². The fraction of sp³-hybridized carbons (Fsp3) is 0.462. The quantitative estimate of drug-likeness (QED) is 0.708. The third-order valence-electron chi connectivity index (χ3n) is 2.28. The summed E-state index contributed by atoms with van der Waals surface area (Å²) in [5.41, 5.74) is 0. The number of nitrogens with one attached hydrogen (secondary N) is 1. The van der Waals surface area contributed by atoms with Crippen LogP contribution in [0, 0.1) is 0 Å². The van der Waals surface area contributed by atoms with E-state index in [0.29, 0.717) is 18.9 Å². The molecular formula is C13H19NO4. The molecule has 5 nitrogen and oxygen atoms in total. The molecule has 0 fully saturated rings. The largest absolute Gasteiger partial charge is 0.497 e. The molecule has 0 aliphatic heterocycles. The molecule has 0 saturated heterocycles. The van der Waals surface area contributed by atoms with E-state index in [1.165, 1.54) is 0 Å². The molecule has 0 aliphatic rings. The summed E-state index contributed by atoms with van der Waals surface area (Å²) < 4.78 is 15.2. The summed E-state index contributed by atoms with van der Waals surface area (Å²) >= 11 is 0. The van der Waals surface area contributed by atoms with Gasteiger partial charge >= 0.3 is 0 Å². The maximum Gasteiger partial charge on any atom is 0.257 e. The Hall–Kier alpha value is -1.75. The van der Waals surface area contributed by atoms with E-state index in [-0.39, 0.29) is 12.5 Å². The van der Waals surface area contributed by atoms with Crippen molar-refractivity contribution in [3.05, 3.63) is 24.3 Å². The molecule has 1 N–H and O–H groups in total. The van der Waals surface area contributed by atoms with E-state index >= 15 is 0 Å². The molecule has 1 aromatic carbocycles. The number of methoxy groups -OCH3 is 2. The lowest BCUT2D eigenvalue weighted by molar-refractivity contribution is -0.123. The van der Waals surface area contributed by atoms with E-state index < -0.39 is 0 Å². The molecule has 5 heteroatoms. The highest BCUT2D eigenvalue weighted by Gasteiger charge is 2.02. The van der Waals surface area contributed by atoms with E-state index in [1.807, 2.05) is 0 Å². The van der Waals surface area contributed by atoms with Gasteiger partial charge in [0.25, 0.3) is 5.91 Å². The normalized spacial score (nSPS) is 9.89. The van der Waals surface area contributed by atoms with Gasteiger partial charge in [0, 0.05) is 20.3 Å². The molecule has 0 aromatic heterocycles. The van der Waals surface area contributed by atoms with Crippen LogP contribution in [0.2, 0.25) is 0 Å². The lowest BCUT2D eigenvalue weighted by Gasteiger charge is -2.07. The lowest BCUT2D eigenvalue weighted by atomic mass is 10.3. The molecule has 1 amide bonds. The summed E-state index contributed by atoms with van der Waals surface area (Å²) in [6, 6.07) is 7.09.